The quantitative estimate of drug-likeness (QED) is 0.772. The van der Waals surface area contributed by atoms with Gasteiger partial charge in [0.25, 0.3) is 0 Å². The first-order valence-corrected chi connectivity index (χ1v) is 6.82. The highest BCUT2D eigenvalue weighted by Crippen LogP contribution is 2.32. The van der Waals surface area contributed by atoms with Gasteiger partial charge in [-0.25, -0.2) is 0 Å². The number of aliphatic carboxylic acids is 1. The van der Waals surface area contributed by atoms with Crippen LogP contribution in [0.3, 0.4) is 0 Å². The molecule has 0 radical (unpaired) electrons. The molecule has 1 aromatic carbocycles. The van der Waals surface area contributed by atoms with Gasteiger partial charge in [-0.15, -0.1) is 0 Å². The summed E-state index contributed by atoms with van der Waals surface area (Å²) in [5.41, 5.74) is 2.61. The van der Waals surface area contributed by atoms with Crippen LogP contribution < -0.4 is 5.32 Å². The second-order valence-corrected chi connectivity index (χ2v) is 6.16. The number of hydrogen-bond acceptors (Lipinski definition) is 2. The van der Waals surface area contributed by atoms with Crippen LogP contribution in [0.4, 0.5) is 0 Å². The number of benzene rings is 1. The molecule has 0 aliphatic rings. The highest BCUT2D eigenvalue weighted by atomic mass is 16.4. The standard InChI is InChI=1S/C16H25NO2/c1-12-7-5-8-13(11-12)15(16(2,3)4)17-10-6-9-14(18)19/h5,7-8,11,15,17H,6,9-10H2,1-4H3,(H,18,19). The van der Waals surface area contributed by atoms with Gasteiger partial charge < -0.3 is 10.4 Å². The normalized spacial score (nSPS) is 13.3. The average Bonchev–Trinajstić information content (AvgIpc) is 2.26. The molecular formula is C16H25NO2. The van der Waals surface area contributed by atoms with E-state index in [1.807, 2.05) is 0 Å². The average molecular weight is 263 g/mol. The van der Waals surface area contributed by atoms with Gasteiger partial charge >= 0.3 is 5.97 Å². The van der Waals surface area contributed by atoms with Gasteiger partial charge in [0.05, 0.1) is 0 Å². The summed E-state index contributed by atoms with van der Waals surface area (Å²) in [5, 5.41) is 12.2. The summed E-state index contributed by atoms with van der Waals surface area (Å²) in [6, 6.07) is 8.73. The SMILES string of the molecule is Cc1cccc(C(NCCCC(=O)O)C(C)(C)C)c1. The molecule has 0 spiro atoms. The van der Waals surface area contributed by atoms with Crippen LogP contribution in [0.2, 0.25) is 0 Å². The molecule has 3 heteroatoms. The van der Waals surface area contributed by atoms with Crippen molar-refractivity contribution in [3.8, 4) is 0 Å². The fourth-order valence-corrected chi connectivity index (χ4v) is 2.26. The van der Waals surface area contributed by atoms with Crippen molar-refractivity contribution < 1.29 is 9.90 Å². The number of aryl methyl sites for hydroxylation is 1. The van der Waals surface area contributed by atoms with E-state index >= 15 is 0 Å². The number of carboxylic acids is 1. The van der Waals surface area contributed by atoms with Crippen molar-refractivity contribution >= 4 is 5.97 Å². The van der Waals surface area contributed by atoms with Crippen LogP contribution in [0, 0.1) is 12.3 Å². The summed E-state index contributed by atoms with van der Waals surface area (Å²) in [5.74, 6) is -0.732. The van der Waals surface area contributed by atoms with Crippen LogP contribution in [-0.4, -0.2) is 17.6 Å². The zero-order valence-electron chi connectivity index (χ0n) is 12.4. The Bertz CT molecular complexity index is 421. The van der Waals surface area contributed by atoms with Crippen LogP contribution in [0.5, 0.6) is 0 Å². The lowest BCUT2D eigenvalue weighted by molar-refractivity contribution is -0.137. The smallest absolute Gasteiger partial charge is 0.303 e. The third kappa shape index (κ3) is 5.43. The number of nitrogens with one attached hydrogen (secondary N) is 1. The number of carbonyl (C=O) groups is 1. The van der Waals surface area contributed by atoms with Crippen molar-refractivity contribution in [2.75, 3.05) is 6.54 Å². The second-order valence-electron chi connectivity index (χ2n) is 6.16. The largest absolute Gasteiger partial charge is 0.481 e. The topological polar surface area (TPSA) is 49.3 Å². The monoisotopic (exact) mass is 263 g/mol. The zero-order valence-corrected chi connectivity index (χ0v) is 12.4. The predicted octanol–water partition coefficient (Wildman–Crippen LogP) is 3.54. The minimum Gasteiger partial charge on any atom is -0.481 e. The van der Waals surface area contributed by atoms with E-state index in [1.165, 1.54) is 11.1 Å². The number of rotatable bonds is 6. The first-order valence-electron chi connectivity index (χ1n) is 6.82. The molecule has 1 atom stereocenters. The molecule has 0 aliphatic heterocycles. The minimum absolute atomic E-state index is 0.0943. The van der Waals surface area contributed by atoms with Crippen molar-refractivity contribution in [2.24, 2.45) is 5.41 Å². The van der Waals surface area contributed by atoms with Crippen molar-refractivity contribution in [3.63, 3.8) is 0 Å². The fourth-order valence-electron chi connectivity index (χ4n) is 2.26. The molecule has 1 rings (SSSR count). The molecule has 0 amide bonds. The Labute approximate surface area is 116 Å². The first kappa shape index (κ1) is 15.7. The Balaban J connectivity index is 2.71. The fraction of sp³-hybridized carbons (Fsp3) is 0.562. The molecule has 2 N–H and O–H groups in total. The van der Waals surface area contributed by atoms with Crippen LogP contribution in [-0.2, 0) is 4.79 Å². The maximum absolute atomic E-state index is 10.5. The molecule has 106 valence electrons. The van der Waals surface area contributed by atoms with Gasteiger partial charge in [-0.2, -0.15) is 0 Å². The molecule has 1 unspecified atom stereocenters. The van der Waals surface area contributed by atoms with Crippen molar-refractivity contribution in [2.45, 2.75) is 46.6 Å². The lowest BCUT2D eigenvalue weighted by atomic mass is 9.82. The van der Waals surface area contributed by atoms with E-state index in [2.05, 4.69) is 57.3 Å². The third-order valence-corrected chi connectivity index (χ3v) is 3.16. The summed E-state index contributed by atoms with van der Waals surface area (Å²) < 4.78 is 0. The van der Waals surface area contributed by atoms with E-state index in [0.717, 1.165) is 6.54 Å². The Hall–Kier alpha value is -1.35. The molecule has 0 heterocycles. The maximum atomic E-state index is 10.5. The predicted molar refractivity (Wildman–Crippen MR) is 78.2 cm³/mol. The molecule has 0 saturated heterocycles. The lowest BCUT2D eigenvalue weighted by Gasteiger charge is -2.32. The molecule has 1 aromatic rings. The molecular weight excluding hydrogens is 238 g/mol. The Morgan fingerprint density at radius 1 is 1.37 bits per heavy atom. The molecule has 3 nitrogen and oxygen atoms in total. The highest BCUT2D eigenvalue weighted by molar-refractivity contribution is 5.66. The van der Waals surface area contributed by atoms with Crippen LogP contribution in [0.1, 0.15) is 50.8 Å². The van der Waals surface area contributed by atoms with E-state index < -0.39 is 5.97 Å². The van der Waals surface area contributed by atoms with Crippen LogP contribution >= 0.6 is 0 Å². The highest BCUT2D eigenvalue weighted by Gasteiger charge is 2.25. The van der Waals surface area contributed by atoms with Gasteiger partial charge in [0.15, 0.2) is 0 Å². The number of hydrogen-bond donors (Lipinski definition) is 2. The van der Waals surface area contributed by atoms with E-state index in [0.29, 0.717) is 6.42 Å². The Kier molecular flexibility index (Phi) is 5.55. The first-order chi connectivity index (χ1) is 8.80. The third-order valence-electron chi connectivity index (χ3n) is 3.16. The van der Waals surface area contributed by atoms with Crippen molar-refractivity contribution in [1.82, 2.24) is 5.32 Å². The molecule has 19 heavy (non-hydrogen) atoms. The maximum Gasteiger partial charge on any atom is 0.303 e. The molecule has 0 fully saturated rings. The van der Waals surface area contributed by atoms with Crippen LogP contribution in [0.25, 0.3) is 0 Å². The zero-order chi connectivity index (χ0) is 14.5. The summed E-state index contributed by atoms with van der Waals surface area (Å²) in [6.07, 6.45) is 0.880. The van der Waals surface area contributed by atoms with Gasteiger partial charge in [-0.05, 0) is 30.9 Å². The molecule has 0 aliphatic carbocycles. The minimum atomic E-state index is -0.732. The van der Waals surface area contributed by atoms with E-state index in [4.69, 9.17) is 5.11 Å². The van der Waals surface area contributed by atoms with Crippen molar-refractivity contribution in [1.29, 1.82) is 0 Å². The Morgan fingerprint density at radius 3 is 2.58 bits per heavy atom. The summed E-state index contributed by atoms with van der Waals surface area (Å²) in [7, 11) is 0. The summed E-state index contributed by atoms with van der Waals surface area (Å²) in [4.78, 5) is 10.5. The molecule has 0 aromatic heterocycles. The lowest BCUT2D eigenvalue weighted by Crippen LogP contribution is -2.33. The van der Waals surface area contributed by atoms with E-state index in [-0.39, 0.29) is 17.9 Å². The Morgan fingerprint density at radius 2 is 2.05 bits per heavy atom. The summed E-state index contributed by atoms with van der Waals surface area (Å²) in [6.45, 7) is 9.41. The number of carboxylic acid groups (broad SMARTS) is 1. The molecule has 0 saturated carbocycles. The van der Waals surface area contributed by atoms with Gasteiger partial charge in [0.2, 0.25) is 0 Å². The summed E-state index contributed by atoms with van der Waals surface area (Å²) >= 11 is 0. The second kappa shape index (κ2) is 6.71. The van der Waals surface area contributed by atoms with E-state index in [1.54, 1.807) is 0 Å². The van der Waals surface area contributed by atoms with Gasteiger partial charge in [0, 0.05) is 12.5 Å². The van der Waals surface area contributed by atoms with Gasteiger partial charge in [-0.1, -0.05) is 50.6 Å². The van der Waals surface area contributed by atoms with E-state index in [9.17, 15) is 4.79 Å². The van der Waals surface area contributed by atoms with Gasteiger partial charge in [-0.3, -0.25) is 4.79 Å². The van der Waals surface area contributed by atoms with Gasteiger partial charge in [0.1, 0.15) is 0 Å². The van der Waals surface area contributed by atoms with Crippen molar-refractivity contribution in [3.05, 3.63) is 35.4 Å². The molecule has 0 bridgehead atoms. The van der Waals surface area contributed by atoms with Crippen LogP contribution in [0.15, 0.2) is 24.3 Å².